The molecule has 2 heterocycles. The smallest absolute Gasteiger partial charge is 0.340 e. The summed E-state index contributed by atoms with van der Waals surface area (Å²) < 4.78 is 16.6. The normalized spacial score (nSPS) is 10.6. The number of rotatable bonds is 8. The first-order chi connectivity index (χ1) is 17.8. The molecule has 0 amide bonds. The molecule has 0 bridgehead atoms. The van der Waals surface area contributed by atoms with E-state index in [1.165, 1.54) is 18.2 Å². The molecule has 0 aliphatic rings. The predicted molar refractivity (Wildman–Crippen MR) is 142 cm³/mol. The molecule has 0 saturated heterocycles. The van der Waals surface area contributed by atoms with Crippen molar-refractivity contribution in [2.45, 2.75) is 13.8 Å². The van der Waals surface area contributed by atoms with E-state index < -0.39 is 11.9 Å². The Hall–Kier alpha value is -4.78. The molecule has 2 aromatic heterocycles. The number of fused-ring (bicyclic) bond motifs is 1. The molecule has 186 valence electrons. The lowest BCUT2D eigenvalue weighted by molar-refractivity contribution is 0.0548. The topological polar surface area (TPSA) is 95.7 Å². The summed E-state index contributed by atoms with van der Waals surface area (Å²) in [4.78, 5) is 43.1. The highest BCUT2D eigenvalue weighted by molar-refractivity contribution is 6.07. The molecular formula is C30H25NO6. The predicted octanol–water partition coefficient (Wildman–Crippen LogP) is 5.82. The highest BCUT2D eigenvalue weighted by Gasteiger charge is 2.28. The summed E-state index contributed by atoms with van der Waals surface area (Å²) in [6.45, 7) is 10.5. The fourth-order valence-corrected chi connectivity index (χ4v) is 4.10. The van der Waals surface area contributed by atoms with Crippen molar-refractivity contribution in [2.75, 3.05) is 13.2 Å². The quantitative estimate of drug-likeness (QED) is 0.224. The summed E-state index contributed by atoms with van der Waals surface area (Å²) in [5.74, 6) is -0.877. The van der Waals surface area contributed by atoms with Gasteiger partial charge in [-0.15, -0.1) is 0 Å². The van der Waals surface area contributed by atoms with Crippen molar-refractivity contribution in [3.63, 3.8) is 0 Å². The van der Waals surface area contributed by atoms with Gasteiger partial charge in [0.1, 0.15) is 24.6 Å². The second kappa shape index (κ2) is 10.9. The molecular weight excluding hydrogens is 470 g/mol. The van der Waals surface area contributed by atoms with Gasteiger partial charge in [-0.3, -0.25) is 9.78 Å². The van der Waals surface area contributed by atoms with E-state index in [0.29, 0.717) is 44.8 Å². The van der Waals surface area contributed by atoms with Crippen molar-refractivity contribution in [3.8, 4) is 22.5 Å². The van der Waals surface area contributed by atoms with Crippen molar-refractivity contribution in [2.24, 2.45) is 0 Å². The van der Waals surface area contributed by atoms with E-state index in [0.717, 1.165) is 0 Å². The van der Waals surface area contributed by atoms with Crippen molar-refractivity contribution in [1.29, 1.82) is 0 Å². The van der Waals surface area contributed by atoms with Crippen LogP contribution in [0.15, 0.2) is 89.1 Å². The molecule has 0 saturated carbocycles. The average Bonchev–Trinajstić information content (AvgIpc) is 2.90. The summed E-state index contributed by atoms with van der Waals surface area (Å²) in [7, 11) is 0. The third-order valence-electron chi connectivity index (χ3n) is 5.72. The van der Waals surface area contributed by atoms with Crippen LogP contribution in [0, 0.1) is 13.8 Å². The van der Waals surface area contributed by atoms with Crippen molar-refractivity contribution >= 4 is 22.9 Å². The van der Waals surface area contributed by atoms with Crippen molar-refractivity contribution in [1.82, 2.24) is 4.98 Å². The zero-order valence-corrected chi connectivity index (χ0v) is 20.6. The van der Waals surface area contributed by atoms with E-state index in [1.54, 1.807) is 62.4 Å². The summed E-state index contributed by atoms with van der Waals surface area (Å²) in [6, 6.07) is 15.5. The van der Waals surface area contributed by atoms with Gasteiger partial charge in [0.15, 0.2) is 5.43 Å². The zero-order valence-electron chi connectivity index (χ0n) is 20.6. The Morgan fingerprint density at radius 2 is 1.41 bits per heavy atom. The fourth-order valence-electron chi connectivity index (χ4n) is 4.10. The lowest BCUT2D eigenvalue weighted by atomic mass is 9.91. The third kappa shape index (κ3) is 5.11. The molecule has 0 aliphatic carbocycles. The molecule has 7 nitrogen and oxygen atoms in total. The minimum Gasteiger partial charge on any atom is -0.458 e. The van der Waals surface area contributed by atoms with Crippen LogP contribution in [0.25, 0.3) is 33.4 Å². The molecule has 0 atom stereocenters. The monoisotopic (exact) mass is 495 g/mol. The average molecular weight is 496 g/mol. The summed E-state index contributed by atoms with van der Waals surface area (Å²) >= 11 is 0. The zero-order chi connectivity index (χ0) is 26.5. The Balaban J connectivity index is 1.87. The molecule has 0 N–H and O–H groups in total. The number of ether oxygens (including phenoxy) is 2. The number of aromatic nitrogens is 1. The second-order valence-corrected chi connectivity index (χ2v) is 8.23. The van der Waals surface area contributed by atoms with Gasteiger partial charge in [-0.1, -0.05) is 61.7 Å². The maximum absolute atomic E-state index is 13.0. The number of esters is 2. The Kier molecular flexibility index (Phi) is 7.44. The fraction of sp³-hybridized carbons (Fsp3) is 0.133. The van der Waals surface area contributed by atoms with Gasteiger partial charge in [-0.2, -0.15) is 0 Å². The molecule has 0 spiro atoms. The van der Waals surface area contributed by atoms with Crippen LogP contribution in [0.1, 0.15) is 32.1 Å². The van der Waals surface area contributed by atoms with E-state index >= 15 is 0 Å². The lowest BCUT2D eigenvalue weighted by Crippen LogP contribution is -2.17. The summed E-state index contributed by atoms with van der Waals surface area (Å²) in [5, 5.41) is 0.496. The number of para-hydroxylation sites is 1. The number of aryl methyl sites for hydroxylation is 2. The summed E-state index contributed by atoms with van der Waals surface area (Å²) in [5.41, 5.74) is 3.02. The lowest BCUT2D eigenvalue weighted by Gasteiger charge is -2.18. The Morgan fingerprint density at radius 1 is 0.865 bits per heavy atom. The molecule has 7 heteroatoms. The number of hydrogen-bond acceptors (Lipinski definition) is 7. The first kappa shape index (κ1) is 25.3. The maximum Gasteiger partial charge on any atom is 0.340 e. The Bertz CT molecular complexity index is 1530. The molecule has 4 rings (SSSR count). The Labute approximate surface area is 213 Å². The van der Waals surface area contributed by atoms with Gasteiger partial charge in [0.25, 0.3) is 0 Å². The van der Waals surface area contributed by atoms with E-state index in [1.807, 2.05) is 0 Å². The van der Waals surface area contributed by atoms with Crippen molar-refractivity contribution < 1.29 is 23.5 Å². The first-order valence-corrected chi connectivity index (χ1v) is 11.6. The van der Waals surface area contributed by atoms with E-state index in [4.69, 9.17) is 13.9 Å². The van der Waals surface area contributed by atoms with Crippen LogP contribution in [0.2, 0.25) is 0 Å². The number of nitrogens with zero attached hydrogens (tertiary/aromatic N) is 1. The van der Waals surface area contributed by atoms with Gasteiger partial charge in [0, 0.05) is 17.2 Å². The largest absolute Gasteiger partial charge is 0.458 e. The van der Waals surface area contributed by atoms with Crippen LogP contribution in [-0.2, 0) is 9.47 Å². The number of benzene rings is 2. The van der Waals surface area contributed by atoms with Gasteiger partial charge in [0.05, 0.1) is 27.9 Å². The molecule has 2 aromatic carbocycles. The summed E-state index contributed by atoms with van der Waals surface area (Å²) in [6.07, 6.45) is 2.92. The minimum atomic E-state index is -0.637. The van der Waals surface area contributed by atoms with Crippen LogP contribution < -0.4 is 5.43 Å². The SMILES string of the molecule is C=CCOC(=O)c1c(C)nc(C)c(C(=O)OCC=C)c1-c1ccc(-c2cc(=O)c3ccccc3o2)cc1. The Morgan fingerprint density at radius 3 is 1.97 bits per heavy atom. The highest BCUT2D eigenvalue weighted by Crippen LogP contribution is 2.34. The standard InChI is InChI=1S/C30H25NO6/c1-5-15-35-29(33)26-18(3)31-19(4)27(30(34)36-16-6-2)28(26)21-13-11-20(12-14-21)25-17-23(32)22-9-7-8-10-24(22)37-25/h5-14,17H,1-2,15-16H2,3-4H3. The van der Waals surface area contributed by atoms with Gasteiger partial charge in [0.2, 0.25) is 0 Å². The minimum absolute atomic E-state index is 0.00175. The molecule has 0 fully saturated rings. The van der Waals surface area contributed by atoms with Gasteiger partial charge >= 0.3 is 11.9 Å². The van der Waals surface area contributed by atoms with Crippen molar-refractivity contribution in [3.05, 3.63) is 113 Å². The van der Waals surface area contributed by atoms with Gasteiger partial charge in [-0.05, 0) is 31.5 Å². The molecule has 0 aliphatic heterocycles. The van der Waals surface area contributed by atoms with E-state index in [-0.39, 0.29) is 29.8 Å². The highest BCUT2D eigenvalue weighted by atomic mass is 16.5. The number of carbonyl (C=O) groups is 2. The molecule has 0 unspecified atom stereocenters. The van der Waals surface area contributed by atoms with Crippen LogP contribution in [0.3, 0.4) is 0 Å². The van der Waals surface area contributed by atoms with E-state index in [2.05, 4.69) is 18.1 Å². The van der Waals surface area contributed by atoms with E-state index in [9.17, 15) is 14.4 Å². The first-order valence-electron chi connectivity index (χ1n) is 11.6. The maximum atomic E-state index is 13.0. The third-order valence-corrected chi connectivity index (χ3v) is 5.72. The van der Waals surface area contributed by atoms with Crippen LogP contribution in [0.5, 0.6) is 0 Å². The molecule has 37 heavy (non-hydrogen) atoms. The van der Waals surface area contributed by atoms with Crippen LogP contribution >= 0.6 is 0 Å². The number of hydrogen-bond donors (Lipinski definition) is 0. The van der Waals surface area contributed by atoms with Gasteiger partial charge in [-0.25, -0.2) is 9.59 Å². The number of pyridine rings is 1. The second-order valence-electron chi connectivity index (χ2n) is 8.23. The van der Waals surface area contributed by atoms with Gasteiger partial charge < -0.3 is 13.9 Å². The molecule has 4 aromatic rings. The molecule has 0 radical (unpaired) electrons. The van der Waals surface area contributed by atoms with Crippen LogP contribution in [0.4, 0.5) is 0 Å². The number of carbonyl (C=O) groups excluding carboxylic acids is 2. The van der Waals surface area contributed by atoms with Crippen LogP contribution in [-0.4, -0.2) is 30.1 Å².